The predicted octanol–water partition coefficient (Wildman–Crippen LogP) is 5.80. The van der Waals surface area contributed by atoms with Crippen LogP contribution in [0, 0.1) is 6.92 Å². The second-order valence-electron chi connectivity index (χ2n) is 9.04. The van der Waals surface area contributed by atoms with Crippen molar-refractivity contribution in [2.75, 3.05) is 7.11 Å². The molecule has 38 heavy (non-hydrogen) atoms. The van der Waals surface area contributed by atoms with E-state index in [0.717, 1.165) is 11.1 Å². The molecule has 3 aromatic carbocycles. The number of carbonyl (C=O) groups excluding carboxylic acids is 2. The van der Waals surface area contributed by atoms with Crippen molar-refractivity contribution in [1.82, 2.24) is 4.90 Å². The number of aliphatic hydroxyl groups is 1. The highest BCUT2D eigenvalue weighted by Gasteiger charge is 2.46. The van der Waals surface area contributed by atoms with Crippen molar-refractivity contribution in [3.8, 4) is 11.5 Å². The maximum absolute atomic E-state index is 13.3. The molecule has 0 spiro atoms. The van der Waals surface area contributed by atoms with Crippen LogP contribution >= 0.6 is 0 Å². The highest BCUT2D eigenvalue weighted by molar-refractivity contribution is 6.46. The van der Waals surface area contributed by atoms with Crippen LogP contribution in [0.5, 0.6) is 11.5 Å². The number of ether oxygens (including phenoxy) is 2. The molecule has 1 aromatic heterocycles. The molecule has 1 aliphatic heterocycles. The van der Waals surface area contributed by atoms with E-state index in [2.05, 4.69) is 0 Å². The molecule has 1 unspecified atom stereocenters. The fraction of sp³-hybridized carbons (Fsp3) is 0.161. The fourth-order valence-corrected chi connectivity index (χ4v) is 4.62. The number of rotatable bonds is 8. The third-order valence-electron chi connectivity index (χ3n) is 6.54. The van der Waals surface area contributed by atoms with Crippen LogP contribution in [0.3, 0.4) is 0 Å². The molecule has 1 fully saturated rings. The number of methoxy groups -OCH3 is 1. The number of benzene rings is 3. The molecule has 7 heteroatoms. The molecule has 0 bridgehead atoms. The van der Waals surface area contributed by atoms with Gasteiger partial charge in [-0.3, -0.25) is 9.59 Å². The Balaban J connectivity index is 1.52. The summed E-state index contributed by atoms with van der Waals surface area (Å²) in [5.74, 6) is 0.0282. The summed E-state index contributed by atoms with van der Waals surface area (Å²) < 4.78 is 16.8. The van der Waals surface area contributed by atoms with E-state index in [0.29, 0.717) is 35.0 Å². The third-order valence-corrected chi connectivity index (χ3v) is 6.54. The summed E-state index contributed by atoms with van der Waals surface area (Å²) in [7, 11) is 1.54. The Morgan fingerprint density at radius 1 is 0.974 bits per heavy atom. The number of nitrogens with zero attached hydrogens (tertiary/aromatic N) is 1. The molecule has 4 aromatic rings. The summed E-state index contributed by atoms with van der Waals surface area (Å²) in [6, 6.07) is 24.7. The standard InChI is InChI=1S/C31H27NO6/c1-20-16-23(13-14-26(20)38-19-21-8-4-3-5-9-21)29(33)27-28(22-10-6-11-24(17-22)36-2)32(31(35)30(27)34)18-25-12-7-15-37-25/h3-17,28,33H,18-19H2,1-2H3/b29-27-. The van der Waals surface area contributed by atoms with Crippen LogP contribution in [0.15, 0.2) is 101 Å². The molecule has 192 valence electrons. The molecule has 1 N–H and O–H groups in total. The molecular weight excluding hydrogens is 482 g/mol. The van der Waals surface area contributed by atoms with Gasteiger partial charge in [-0.05, 0) is 66.1 Å². The van der Waals surface area contributed by atoms with E-state index in [-0.39, 0.29) is 17.9 Å². The first-order valence-corrected chi connectivity index (χ1v) is 12.2. The maximum atomic E-state index is 13.3. The Morgan fingerprint density at radius 3 is 2.50 bits per heavy atom. The van der Waals surface area contributed by atoms with E-state index in [4.69, 9.17) is 13.9 Å². The van der Waals surface area contributed by atoms with Gasteiger partial charge in [-0.1, -0.05) is 42.5 Å². The first-order valence-electron chi connectivity index (χ1n) is 12.2. The molecule has 0 aliphatic carbocycles. The number of hydrogen-bond acceptors (Lipinski definition) is 6. The topological polar surface area (TPSA) is 89.2 Å². The van der Waals surface area contributed by atoms with Gasteiger partial charge < -0.3 is 23.9 Å². The highest BCUT2D eigenvalue weighted by atomic mass is 16.5. The van der Waals surface area contributed by atoms with Crippen molar-refractivity contribution in [3.05, 3.63) is 125 Å². The van der Waals surface area contributed by atoms with Gasteiger partial charge in [0.05, 0.1) is 31.5 Å². The molecule has 0 radical (unpaired) electrons. The van der Waals surface area contributed by atoms with Crippen molar-refractivity contribution in [2.45, 2.75) is 26.1 Å². The molecule has 5 rings (SSSR count). The van der Waals surface area contributed by atoms with E-state index >= 15 is 0 Å². The summed E-state index contributed by atoms with van der Waals surface area (Å²) in [5.41, 5.74) is 2.88. The zero-order valence-corrected chi connectivity index (χ0v) is 21.1. The monoisotopic (exact) mass is 509 g/mol. The number of amides is 1. The predicted molar refractivity (Wildman–Crippen MR) is 142 cm³/mol. The van der Waals surface area contributed by atoms with Crippen LogP contribution in [0.25, 0.3) is 5.76 Å². The lowest BCUT2D eigenvalue weighted by molar-refractivity contribution is -0.140. The van der Waals surface area contributed by atoms with Gasteiger partial charge in [0.1, 0.15) is 29.6 Å². The van der Waals surface area contributed by atoms with Crippen molar-refractivity contribution in [2.24, 2.45) is 0 Å². The van der Waals surface area contributed by atoms with Crippen LogP contribution < -0.4 is 9.47 Å². The second-order valence-corrected chi connectivity index (χ2v) is 9.04. The van der Waals surface area contributed by atoms with E-state index in [9.17, 15) is 14.7 Å². The summed E-state index contributed by atoms with van der Waals surface area (Å²) in [5, 5.41) is 11.4. The Hall–Kier alpha value is -4.78. The SMILES string of the molecule is COc1cccc(C2/C(=C(/O)c3ccc(OCc4ccccc4)c(C)c3)C(=O)C(=O)N2Cc2ccco2)c1. The Morgan fingerprint density at radius 2 is 1.79 bits per heavy atom. The normalized spacial score (nSPS) is 16.6. The number of Topliss-reactive ketones (excluding diaryl/α,β-unsaturated/α-hetero) is 1. The zero-order chi connectivity index (χ0) is 26.6. The molecule has 0 saturated carbocycles. The van der Waals surface area contributed by atoms with Crippen molar-refractivity contribution >= 4 is 17.4 Å². The molecule has 1 atom stereocenters. The van der Waals surface area contributed by atoms with E-state index in [1.54, 1.807) is 61.7 Å². The molecule has 1 aliphatic rings. The van der Waals surface area contributed by atoms with Crippen molar-refractivity contribution < 1.29 is 28.6 Å². The van der Waals surface area contributed by atoms with E-state index in [1.807, 2.05) is 37.3 Å². The summed E-state index contributed by atoms with van der Waals surface area (Å²) in [6.45, 7) is 2.34. The largest absolute Gasteiger partial charge is 0.507 e. The van der Waals surface area contributed by atoms with Crippen LogP contribution in [-0.2, 0) is 22.7 Å². The number of hydrogen-bond donors (Lipinski definition) is 1. The van der Waals surface area contributed by atoms with Crippen LogP contribution in [0.2, 0.25) is 0 Å². The summed E-state index contributed by atoms with van der Waals surface area (Å²) >= 11 is 0. The quantitative estimate of drug-likeness (QED) is 0.184. The van der Waals surface area contributed by atoms with Crippen molar-refractivity contribution in [3.63, 3.8) is 0 Å². The van der Waals surface area contributed by atoms with Crippen LogP contribution in [0.4, 0.5) is 0 Å². The zero-order valence-electron chi connectivity index (χ0n) is 21.1. The lowest BCUT2D eigenvalue weighted by Crippen LogP contribution is -2.29. The van der Waals surface area contributed by atoms with Gasteiger partial charge in [0, 0.05) is 5.56 Å². The molecular formula is C31H27NO6. The van der Waals surface area contributed by atoms with Gasteiger partial charge in [-0.15, -0.1) is 0 Å². The molecule has 7 nitrogen and oxygen atoms in total. The average molecular weight is 510 g/mol. The van der Waals surface area contributed by atoms with E-state index in [1.165, 1.54) is 11.2 Å². The van der Waals surface area contributed by atoms with Gasteiger partial charge in [-0.2, -0.15) is 0 Å². The molecule has 2 heterocycles. The molecule has 1 amide bonds. The number of carbonyl (C=O) groups is 2. The fourth-order valence-electron chi connectivity index (χ4n) is 4.62. The number of likely N-dealkylation sites (tertiary alicyclic amines) is 1. The minimum atomic E-state index is -0.829. The Labute approximate surface area is 220 Å². The number of furan rings is 1. The first kappa shape index (κ1) is 24.9. The molecule has 1 saturated heterocycles. The van der Waals surface area contributed by atoms with E-state index < -0.39 is 17.7 Å². The van der Waals surface area contributed by atoms with Gasteiger partial charge in [0.2, 0.25) is 0 Å². The smallest absolute Gasteiger partial charge is 0.296 e. The van der Waals surface area contributed by atoms with Crippen LogP contribution in [-0.4, -0.2) is 28.8 Å². The number of ketones is 1. The van der Waals surface area contributed by atoms with Crippen molar-refractivity contribution in [1.29, 1.82) is 0 Å². The number of aliphatic hydroxyl groups excluding tert-OH is 1. The third kappa shape index (κ3) is 4.91. The highest BCUT2D eigenvalue weighted by Crippen LogP contribution is 2.41. The van der Waals surface area contributed by atoms with Gasteiger partial charge in [0.15, 0.2) is 0 Å². The number of aryl methyl sites for hydroxylation is 1. The van der Waals surface area contributed by atoms with Gasteiger partial charge in [0.25, 0.3) is 11.7 Å². The summed E-state index contributed by atoms with van der Waals surface area (Å²) in [4.78, 5) is 27.9. The summed E-state index contributed by atoms with van der Waals surface area (Å²) in [6.07, 6.45) is 1.51. The van der Waals surface area contributed by atoms with Gasteiger partial charge in [-0.25, -0.2) is 0 Å². The maximum Gasteiger partial charge on any atom is 0.296 e. The minimum Gasteiger partial charge on any atom is -0.507 e. The lowest BCUT2D eigenvalue weighted by atomic mass is 9.94. The van der Waals surface area contributed by atoms with Crippen LogP contribution in [0.1, 0.15) is 34.1 Å². The Kier molecular flexibility index (Phi) is 7.00. The first-order chi connectivity index (χ1) is 18.5. The lowest BCUT2D eigenvalue weighted by Gasteiger charge is -2.25. The van der Waals surface area contributed by atoms with Gasteiger partial charge >= 0.3 is 0 Å². The Bertz CT molecular complexity index is 1490. The minimum absolute atomic E-state index is 0.00663. The average Bonchev–Trinajstić information content (AvgIpc) is 3.55. The second kappa shape index (κ2) is 10.7.